The number of benzene rings is 1. The Labute approximate surface area is 150 Å². The van der Waals surface area contributed by atoms with Gasteiger partial charge in [0.2, 0.25) is 0 Å². The van der Waals surface area contributed by atoms with Gasteiger partial charge in [0.1, 0.15) is 23.7 Å². The highest BCUT2D eigenvalue weighted by Crippen LogP contribution is 2.28. The van der Waals surface area contributed by atoms with Crippen molar-refractivity contribution in [1.82, 2.24) is 5.16 Å². The minimum Gasteiger partial charge on any atom is -0.488 e. The number of aryl methyl sites for hydroxylation is 2. The zero-order valence-corrected chi connectivity index (χ0v) is 15.0. The van der Waals surface area contributed by atoms with Crippen LogP contribution in [-0.2, 0) is 25.7 Å². The van der Waals surface area contributed by atoms with Crippen molar-refractivity contribution >= 4 is 18.0 Å². The number of para-hydroxylation sites is 1. The van der Waals surface area contributed by atoms with Gasteiger partial charge in [-0.25, -0.2) is 9.59 Å². The lowest BCUT2D eigenvalue weighted by Gasteiger charge is -2.29. The van der Waals surface area contributed by atoms with E-state index in [1.54, 1.807) is 24.3 Å². The molecule has 0 bridgehead atoms. The molecule has 136 valence electrons. The Kier molecular flexibility index (Phi) is 4.54. The van der Waals surface area contributed by atoms with Crippen molar-refractivity contribution in [2.75, 3.05) is 0 Å². The van der Waals surface area contributed by atoms with E-state index in [0.29, 0.717) is 17.1 Å². The van der Waals surface area contributed by atoms with Gasteiger partial charge >= 0.3 is 11.9 Å². The van der Waals surface area contributed by atoms with Gasteiger partial charge in [0, 0.05) is 19.4 Å². The summed E-state index contributed by atoms with van der Waals surface area (Å²) in [6, 6.07) is 7.05. The van der Waals surface area contributed by atoms with E-state index < -0.39 is 17.7 Å². The van der Waals surface area contributed by atoms with E-state index in [1.165, 1.54) is 19.9 Å². The molecule has 3 rings (SSSR count). The minimum absolute atomic E-state index is 0.183. The molecule has 0 N–H and O–H groups in total. The molecule has 1 aromatic heterocycles. The first-order chi connectivity index (χ1) is 12.3. The van der Waals surface area contributed by atoms with E-state index in [-0.39, 0.29) is 12.2 Å². The van der Waals surface area contributed by atoms with Gasteiger partial charge in [-0.05, 0) is 26.0 Å². The number of cyclic esters (lactones) is 2. The zero-order valence-electron chi connectivity index (χ0n) is 15.0. The molecule has 0 amide bonds. The molecule has 0 aliphatic carbocycles. The summed E-state index contributed by atoms with van der Waals surface area (Å²) in [4.78, 5) is 24.2. The highest BCUT2D eigenvalue weighted by Gasteiger charge is 2.39. The molecule has 2 heterocycles. The average molecular weight is 357 g/mol. The lowest BCUT2D eigenvalue weighted by Crippen LogP contribution is -2.41. The molecule has 7 heteroatoms. The van der Waals surface area contributed by atoms with E-state index in [2.05, 4.69) is 5.16 Å². The molecule has 0 unspecified atom stereocenters. The summed E-state index contributed by atoms with van der Waals surface area (Å²) >= 11 is 0. The van der Waals surface area contributed by atoms with Crippen LogP contribution >= 0.6 is 0 Å². The van der Waals surface area contributed by atoms with Crippen molar-refractivity contribution in [2.45, 2.75) is 40.1 Å². The van der Waals surface area contributed by atoms with Gasteiger partial charge in [-0.3, -0.25) is 0 Å². The van der Waals surface area contributed by atoms with Gasteiger partial charge < -0.3 is 18.7 Å². The molecule has 0 atom stereocenters. The predicted molar refractivity (Wildman–Crippen MR) is 91.0 cm³/mol. The quantitative estimate of drug-likeness (QED) is 0.472. The number of ether oxygens (including phenoxy) is 3. The molecule has 26 heavy (non-hydrogen) atoms. The Morgan fingerprint density at radius 3 is 2.38 bits per heavy atom. The third kappa shape index (κ3) is 3.61. The SMILES string of the molecule is Cc1noc(C)c1COc1ccccc1C=C1C(=O)OC(C)(C)OC1=O. The molecule has 0 saturated carbocycles. The lowest BCUT2D eigenvalue weighted by atomic mass is 10.1. The number of carbonyl (C=O) groups excluding carboxylic acids is 2. The maximum atomic E-state index is 12.1. The molecule has 1 aliphatic rings. The first-order valence-corrected chi connectivity index (χ1v) is 8.09. The molecule has 1 aliphatic heterocycles. The summed E-state index contributed by atoms with van der Waals surface area (Å²) in [6.45, 7) is 6.89. The Bertz CT molecular complexity index is 852. The molecule has 1 fully saturated rings. The molecule has 1 saturated heterocycles. The fourth-order valence-corrected chi connectivity index (χ4v) is 2.52. The summed E-state index contributed by atoms with van der Waals surface area (Å²) in [5, 5.41) is 3.89. The monoisotopic (exact) mass is 357 g/mol. The highest BCUT2D eigenvalue weighted by atomic mass is 16.7. The smallest absolute Gasteiger partial charge is 0.348 e. The van der Waals surface area contributed by atoms with Gasteiger partial charge in [0.05, 0.1) is 11.3 Å². The number of carbonyl (C=O) groups is 2. The van der Waals surface area contributed by atoms with Crippen LogP contribution < -0.4 is 4.74 Å². The van der Waals surface area contributed by atoms with Crippen LogP contribution in [0.25, 0.3) is 6.08 Å². The molecule has 0 radical (unpaired) electrons. The highest BCUT2D eigenvalue weighted by molar-refractivity contribution is 6.19. The van der Waals surface area contributed by atoms with Crippen molar-refractivity contribution in [2.24, 2.45) is 0 Å². The zero-order chi connectivity index (χ0) is 18.9. The van der Waals surface area contributed by atoms with Crippen molar-refractivity contribution in [3.05, 3.63) is 52.4 Å². The topological polar surface area (TPSA) is 87.9 Å². The summed E-state index contributed by atoms with van der Waals surface area (Å²) in [5.41, 5.74) is 1.98. The molecule has 0 spiro atoms. The summed E-state index contributed by atoms with van der Waals surface area (Å²) < 4.78 is 21.2. The van der Waals surface area contributed by atoms with E-state index in [1.807, 2.05) is 13.8 Å². The molecule has 7 nitrogen and oxygen atoms in total. The third-order valence-electron chi connectivity index (χ3n) is 3.89. The third-order valence-corrected chi connectivity index (χ3v) is 3.89. The fraction of sp³-hybridized carbons (Fsp3) is 0.316. The van der Waals surface area contributed by atoms with Crippen LogP contribution in [-0.4, -0.2) is 22.9 Å². The van der Waals surface area contributed by atoms with Crippen molar-refractivity contribution < 1.29 is 28.3 Å². The summed E-state index contributed by atoms with van der Waals surface area (Å²) in [7, 11) is 0. The first kappa shape index (κ1) is 17.7. The average Bonchev–Trinajstić information content (AvgIpc) is 2.87. The Morgan fingerprint density at radius 2 is 1.77 bits per heavy atom. The van der Waals surface area contributed by atoms with Crippen molar-refractivity contribution in [3.63, 3.8) is 0 Å². The number of aromatic nitrogens is 1. The molecule has 1 aromatic carbocycles. The standard InChI is InChI=1S/C19H19NO6/c1-11-15(12(2)26-20-11)10-23-16-8-6-5-7-13(16)9-14-17(21)24-19(3,4)25-18(14)22/h5-9H,10H2,1-4H3. The summed E-state index contributed by atoms with van der Waals surface area (Å²) in [6.07, 6.45) is 1.41. The van der Waals surface area contributed by atoms with E-state index in [9.17, 15) is 9.59 Å². The van der Waals surface area contributed by atoms with Gasteiger partial charge in [-0.1, -0.05) is 23.4 Å². The van der Waals surface area contributed by atoms with Gasteiger partial charge in [-0.2, -0.15) is 0 Å². The molecular formula is C19H19NO6. The van der Waals surface area contributed by atoms with Crippen LogP contribution in [0.15, 0.2) is 34.4 Å². The van der Waals surface area contributed by atoms with E-state index >= 15 is 0 Å². The number of esters is 2. The Morgan fingerprint density at radius 1 is 1.12 bits per heavy atom. The van der Waals surface area contributed by atoms with Crippen molar-refractivity contribution in [1.29, 1.82) is 0 Å². The second-order valence-corrected chi connectivity index (χ2v) is 6.37. The van der Waals surface area contributed by atoms with Gasteiger partial charge in [0.15, 0.2) is 0 Å². The maximum absolute atomic E-state index is 12.1. The minimum atomic E-state index is -1.27. The van der Waals surface area contributed by atoms with E-state index in [4.69, 9.17) is 18.7 Å². The van der Waals surface area contributed by atoms with E-state index in [0.717, 1.165) is 11.3 Å². The number of hydrogen-bond acceptors (Lipinski definition) is 7. The van der Waals surface area contributed by atoms with Crippen LogP contribution in [0.4, 0.5) is 0 Å². The van der Waals surface area contributed by atoms with Crippen LogP contribution in [0.3, 0.4) is 0 Å². The number of hydrogen-bond donors (Lipinski definition) is 0. The number of rotatable bonds is 4. The Balaban J connectivity index is 1.86. The molecular weight excluding hydrogens is 338 g/mol. The largest absolute Gasteiger partial charge is 0.488 e. The lowest BCUT2D eigenvalue weighted by molar-refractivity contribution is -0.222. The number of nitrogens with zero attached hydrogens (tertiary/aromatic N) is 1. The second-order valence-electron chi connectivity index (χ2n) is 6.37. The normalized spacial score (nSPS) is 16.1. The van der Waals surface area contributed by atoms with Crippen LogP contribution in [0.2, 0.25) is 0 Å². The van der Waals surface area contributed by atoms with Crippen LogP contribution in [0.5, 0.6) is 5.75 Å². The summed E-state index contributed by atoms with van der Waals surface area (Å²) in [5.74, 6) is -1.55. The van der Waals surface area contributed by atoms with Crippen LogP contribution in [0.1, 0.15) is 36.4 Å². The van der Waals surface area contributed by atoms with Gasteiger partial charge in [0.25, 0.3) is 5.79 Å². The van der Waals surface area contributed by atoms with Crippen LogP contribution in [0, 0.1) is 13.8 Å². The molecule has 2 aromatic rings. The second kappa shape index (κ2) is 6.67. The predicted octanol–water partition coefficient (Wildman–Crippen LogP) is 3.09. The fourth-order valence-electron chi connectivity index (χ4n) is 2.52. The maximum Gasteiger partial charge on any atom is 0.348 e. The van der Waals surface area contributed by atoms with Crippen molar-refractivity contribution in [3.8, 4) is 5.75 Å². The van der Waals surface area contributed by atoms with Gasteiger partial charge in [-0.15, -0.1) is 0 Å². The first-order valence-electron chi connectivity index (χ1n) is 8.09. The Hall–Kier alpha value is -3.09.